The van der Waals surface area contributed by atoms with Gasteiger partial charge in [0.15, 0.2) is 0 Å². The van der Waals surface area contributed by atoms with Crippen molar-refractivity contribution in [3.05, 3.63) is 0 Å². The minimum atomic E-state index is -1.81. The lowest BCUT2D eigenvalue weighted by Crippen LogP contribution is -1.32. The van der Waals surface area contributed by atoms with Crippen molar-refractivity contribution >= 4 is 23.8 Å². The third kappa shape index (κ3) is 26.9. The largest absolute Gasteiger partial charge is 0.246 e. The topological polar surface area (TPSA) is 40.9 Å². The van der Waals surface area contributed by atoms with Crippen LogP contribution in [-0.4, -0.2) is 4.21 Å². The number of hydrogen-bond acceptors (Lipinski definition) is 2. The Labute approximate surface area is 33.4 Å². The highest BCUT2D eigenvalue weighted by Crippen LogP contribution is 1.71. The van der Waals surface area contributed by atoms with Crippen LogP contribution in [0.2, 0.25) is 0 Å². The monoisotopic (exact) mass is 143 g/mol. The maximum Gasteiger partial charge on any atom is 0.0938 e. The Hall–Kier alpha value is 0.430. The quantitative estimate of drug-likeness (QED) is 0.378. The van der Waals surface area contributed by atoms with Crippen molar-refractivity contribution in [2.24, 2.45) is 0 Å². The first-order valence-electron chi connectivity index (χ1n) is 0.575. The van der Waals surface area contributed by atoms with Gasteiger partial charge in [0, 0.05) is 14.8 Å². The predicted octanol–water partition coefficient (Wildman–Crippen LogP) is 0.540. The lowest BCUT2D eigenvalue weighted by molar-refractivity contribution is 0.695. The molecule has 0 saturated heterocycles. The van der Waals surface area contributed by atoms with Gasteiger partial charge >= 0.3 is 0 Å². The van der Waals surface area contributed by atoms with Crippen molar-refractivity contribution < 1.29 is 4.21 Å². The van der Waals surface area contributed by atoms with Crippen molar-refractivity contribution in [2.45, 2.75) is 0 Å². The van der Waals surface area contributed by atoms with Crippen LogP contribution in [0.3, 0.4) is 0 Å². The van der Waals surface area contributed by atoms with E-state index in [2.05, 4.69) is 14.8 Å². The van der Waals surface area contributed by atoms with Gasteiger partial charge in [-0.25, -0.2) is 8.99 Å². The van der Waals surface area contributed by atoms with Crippen LogP contribution in [0, 0.1) is 4.78 Å². The normalized spacial score (nSPS) is 15.2. The molecule has 0 saturated carbocycles. The molecular weight excluding hydrogens is 142 g/mol. The summed E-state index contributed by atoms with van der Waals surface area (Å²) in [4.78, 5) is 0. The van der Waals surface area contributed by atoms with Gasteiger partial charge in [0.05, 0.1) is 9.03 Å². The molecule has 1 unspecified atom stereocenters. The molecule has 0 aliphatic heterocycles. The van der Waals surface area contributed by atoms with E-state index in [1.807, 2.05) is 0 Å². The highest BCUT2D eigenvalue weighted by molar-refractivity contribution is 9.44. The molecule has 4 heavy (non-hydrogen) atoms. The van der Waals surface area contributed by atoms with E-state index in [0.717, 1.165) is 0 Å². The van der Waals surface area contributed by atoms with Crippen LogP contribution < -0.4 is 0 Å². The Morgan fingerprint density at radius 3 is 2.00 bits per heavy atom. The number of rotatable bonds is 0. The minimum absolute atomic E-state index is 1.81. The molecule has 0 heterocycles. The molecule has 0 aromatic carbocycles. The maximum absolute atomic E-state index is 9.18. The zero-order valence-corrected chi connectivity index (χ0v) is 4.21. The Morgan fingerprint density at radius 2 is 2.00 bits per heavy atom. The van der Waals surface area contributed by atoms with Gasteiger partial charge in [-0.2, -0.15) is 0 Å². The zero-order chi connectivity index (χ0) is 3.58. The average molecular weight is 144 g/mol. The second-order valence-electron chi connectivity index (χ2n) is 0.245. The first-order valence-corrected chi connectivity index (χ1v) is 3.85. The fourth-order valence-corrected chi connectivity index (χ4v) is 0. The molecule has 4 heteroatoms. The predicted molar refractivity (Wildman–Crippen MR) is 21.2 cm³/mol. The highest BCUT2D eigenvalue weighted by atomic mass is 79.9. The summed E-state index contributed by atoms with van der Waals surface area (Å²) in [5.41, 5.74) is 0. The van der Waals surface area contributed by atoms with Gasteiger partial charge < -0.3 is 0 Å². The van der Waals surface area contributed by atoms with Crippen LogP contribution in [0.4, 0.5) is 0 Å². The number of hydrogen-bond donors (Lipinski definition) is 2. The molecule has 0 spiro atoms. The average Bonchev–Trinajstić information content (AvgIpc) is 0.811. The number of halogens is 1. The van der Waals surface area contributed by atoms with E-state index in [9.17, 15) is 4.21 Å². The minimum Gasteiger partial charge on any atom is -0.246 e. The standard InChI is InChI=1S/BrH2NOS/c1-4(2)3/h2,4H. The summed E-state index contributed by atoms with van der Waals surface area (Å²) in [6.07, 6.45) is 0. The second-order valence-corrected chi connectivity index (χ2v) is 2.67. The maximum atomic E-state index is 9.18. The lowest BCUT2D eigenvalue weighted by atomic mass is 14.0. The summed E-state index contributed by atoms with van der Waals surface area (Å²) >= 11 is 2.45. The summed E-state index contributed by atoms with van der Waals surface area (Å²) in [5, 5.41) is 0. The van der Waals surface area contributed by atoms with E-state index in [4.69, 9.17) is 4.78 Å². The molecule has 26 valence electrons. The molecule has 1 atom stereocenters. The van der Waals surface area contributed by atoms with Crippen LogP contribution in [-0.2, 0) is 9.03 Å². The smallest absolute Gasteiger partial charge is 0.0938 e. The van der Waals surface area contributed by atoms with Crippen molar-refractivity contribution in [1.82, 2.24) is 0 Å². The van der Waals surface area contributed by atoms with Gasteiger partial charge in [-0.15, -0.1) is 0 Å². The lowest BCUT2D eigenvalue weighted by Gasteiger charge is -1.43. The van der Waals surface area contributed by atoms with Crippen molar-refractivity contribution in [2.75, 3.05) is 0 Å². The molecule has 0 aromatic heterocycles. The van der Waals surface area contributed by atoms with E-state index in [1.54, 1.807) is 0 Å². The number of nitrogens with one attached hydrogen (secondary N) is 1. The zero-order valence-electron chi connectivity index (χ0n) is 1.73. The molecule has 1 N–H and O–H groups in total. The third-order valence-electron chi connectivity index (χ3n) is 0. The first-order chi connectivity index (χ1) is 1.73. The van der Waals surface area contributed by atoms with Gasteiger partial charge in [-0.05, 0) is 0 Å². The van der Waals surface area contributed by atoms with E-state index in [0.29, 0.717) is 0 Å². The van der Waals surface area contributed by atoms with Crippen LogP contribution in [0.1, 0.15) is 0 Å². The van der Waals surface area contributed by atoms with Crippen LogP contribution in [0.25, 0.3) is 0 Å². The SMILES string of the molecule is N=[SH](=O)Br. The van der Waals surface area contributed by atoms with Crippen LogP contribution in [0.15, 0.2) is 0 Å². The van der Waals surface area contributed by atoms with E-state index in [1.165, 1.54) is 0 Å². The fourth-order valence-electron chi connectivity index (χ4n) is 0. The summed E-state index contributed by atoms with van der Waals surface area (Å²) in [6.45, 7) is 0. The summed E-state index contributed by atoms with van der Waals surface area (Å²) in [6, 6.07) is 0. The second kappa shape index (κ2) is 1.72. The van der Waals surface area contributed by atoms with Crippen molar-refractivity contribution in [3.63, 3.8) is 0 Å². The Bertz CT molecular complexity index is 56.4. The molecule has 0 amide bonds. The molecule has 0 rings (SSSR count). The van der Waals surface area contributed by atoms with Crippen LogP contribution in [0.5, 0.6) is 0 Å². The Kier molecular flexibility index (Phi) is 1.91. The first kappa shape index (κ1) is 4.43. The van der Waals surface area contributed by atoms with Gasteiger partial charge in [-0.3, -0.25) is 0 Å². The summed E-state index contributed by atoms with van der Waals surface area (Å²) < 4.78 is 15.2. The molecule has 0 aliphatic rings. The molecule has 0 bridgehead atoms. The van der Waals surface area contributed by atoms with Gasteiger partial charge in [0.25, 0.3) is 0 Å². The Morgan fingerprint density at radius 1 is 2.00 bits per heavy atom. The summed E-state index contributed by atoms with van der Waals surface area (Å²) in [7, 11) is -1.81. The van der Waals surface area contributed by atoms with E-state index in [-0.39, 0.29) is 0 Å². The molecular formula is H2BrNOS. The number of thiol groups is 1. The van der Waals surface area contributed by atoms with E-state index >= 15 is 0 Å². The Balaban J connectivity index is 3.51. The highest BCUT2D eigenvalue weighted by Gasteiger charge is 1.42. The molecule has 2 nitrogen and oxygen atoms in total. The fraction of sp³-hybridized carbons (Fsp3) is 0. The molecule has 0 radical (unpaired) electrons. The molecule has 0 fully saturated rings. The van der Waals surface area contributed by atoms with E-state index < -0.39 is 9.03 Å². The molecule has 0 aromatic rings. The van der Waals surface area contributed by atoms with Crippen molar-refractivity contribution in [1.29, 1.82) is 4.78 Å². The summed E-state index contributed by atoms with van der Waals surface area (Å²) in [5.74, 6) is 0. The van der Waals surface area contributed by atoms with Gasteiger partial charge in [-0.1, -0.05) is 0 Å². The molecule has 0 aliphatic carbocycles. The van der Waals surface area contributed by atoms with Crippen molar-refractivity contribution in [3.8, 4) is 0 Å². The van der Waals surface area contributed by atoms with Gasteiger partial charge in [0.1, 0.15) is 0 Å². The van der Waals surface area contributed by atoms with Crippen LogP contribution >= 0.6 is 14.8 Å². The third-order valence-corrected chi connectivity index (χ3v) is 0. The van der Waals surface area contributed by atoms with Gasteiger partial charge in [0.2, 0.25) is 0 Å².